The zero-order valence-corrected chi connectivity index (χ0v) is 29.7. The number of furan rings is 1. The summed E-state index contributed by atoms with van der Waals surface area (Å²) >= 11 is 0. The Morgan fingerprint density at radius 1 is 0.379 bits per heavy atom. The van der Waals surface area contributed by atoms with Crippen molar-refractivity contribution in [3.63, 3.8) is 0 Å². The molecule has 0 aliphatic heterocycles. The zero-order valence-electron chi connectivity index (χ0n) is 45.7. The summed E-state index contributed by atoms with van der Waals surface area (Å²) in [5.74, 6) is -1.19. The van der Waals surface area contributed by atoms with Gasteiger partial charge in [-0.15, -0.1) is 0 Å². The van der Waals surface area contributed by atoms with E-state index in [0.29, 0.717) is 27.6 Å². The van der Waals surface area contributed by atoms with E-state index in [1.807, 2.05) is 83.4 Å². The van der Waals surface area contributed by atoms with E-state index in [4.69, 9.17) is 35.8 Å². The van der Waals surface area contributed by atoms with Crippen molar-refractivity contribution in [1.29, 1.82) is 0 Å². The van der Waals surface area contributed by atoms with E-state index >= 15 is 0 Å². The first-order chi connectivity index (χ1) is 35.4. The zero-order chi connectivity index (χ0) is 51.8. The molecule has 7 nitrogen and oxygen atoms in total. The molecule has 0 unspecified atom stereocenters. The van der Waals surface area contributed by atoms with Gasteiger partial charge in [0.2, 0.25) is 11.9 Å². The summed E-state index contributed by atoms with van der Waals surface area (Å²) in [6.45, 7) is 0. The Kier molecular flexibility index (Phi) is 3.99. The first-order valence-corrected chi connectivity index (χ1v) is 18.1. The number of benzene rings is 8. The minimum atomic E-state index is -0.711. The molecule has 0 atom stereocenters. The standard InChI is InChI=1S/C51H30N6O/c1-8-22-40-31(15-1)32-16-2-9-23-41(32)55(40)46-30-48-38(37-21-7-14-28-47(37)58-48)29-39(46)49-52-50(56-42-24-10-3-17-33(42)34-18-4-11-25-43(34)56)54-51(53-49)57-44-26-12-5-19-35(44)36-20-6-13-27-45(36)57/h1-30H/i3D,4D,5D,6D,10D,11D,12D,13D,17D,18D,19D,20D,24D,25D,26D,27D. The summed E-state index contributed by atoms with van der Waals surface area (Å²) in [5, 5.41) is 1.96. The van der Waals surface area contributed by atoms with Gasteiger partial charge in [0.05, 0.1) is 60.7 Å². The summed E-state index contributed by atoms with van der Waals surface area (Å²) in [5.41, 5.74) is 1.86. The number of fused-ring (bicyclic) bond motifs is 12. The van der Waals surface area contributed by atoms with Crippen LogP contribution in [0.4, 0.5) is 0 Å². The van der Waals surface area contributed by atoms with Gasteiger partial charge >= 0.3 is 0 Å². The van der Waals surface area contributed by atoms with E-state index in [9.17, 15) is 5.48 Å². The number of rotatable bonds is 4. The Balaban J connectivity index is 1.29. The van der Waals surface area contributed by atoms with Crippen LogP contribution >= 0.6 is 0 Å². The first kappa shape index (κ1) is 19.7. The smallest absolute Gasteiger partial charge is 0.240 e. The third-order valence-electron chi connectivity index (χ3n) is 10.6. The van der Waals surface area contributed by atoms with Gasteiger partial charge in [-0.05, 0) is 48.4 Å². The van der Waals surface area contributed by atoms with Gasteiger partial charge in [-0.3, -0.25) is 9.13 Å². The Bertz CT molecular complexity index is 4380. The van der Waals surface area contributed by atoms with Crippen molar-refractivity contribution in [2.45, 2.75) is 0 Å². The molecule has 0 radical (unpaired) electrons. The van der Waals surface area contributed by atoms with E-state index in [-0.39, 0.29) is 55.0 Å². The highest BCUT2D eigenvalue weighted by Crippen LogP contribution is 2.41. The lowest BCUT2D eigenvalue weighted by atomic mass is 10.1. The van der Waals surface area contributed by atoms with Crippen molar-refractivity contribution >= 4 is 87.4 Å². The third kappa shape index (κ3) is 4.30. The Hall–Kier alpha value is -8.03. The van der Waals surface area contributed by atoms with Gasteiger partial charge in [0.25, 0.3) is 0 Å². The fourth-order valence-corrected chi connectivity index (χ4v) is 8.22. The van der Waals surface area contributed by atoms with Crippen LogP contribution in [0.3, 0.4) is 0 Å². The minimum absolute atomic E-state index is 0.192. The van der Waals surface area contributed by atoms with Crippen molar-refractivity contribution < 1.29 is 26.3 Å². The molecule has 5 heterocycles. The molecule has 5 aromatic heterocycles. The Morgan fingerprint density at radius 2 is 0.828 bits per heavy atom. The molecule has 0 spiro atoms. The number of aromatic nitrogens is 6. The lowest BCUT2D eigenvalue weighted by Gasteiger charge is -2.16. The van der Waals surface area contributed by atoms with Gasteiger partial charge in [0.15, 0.2) is 5.82 Å². The molecular formula is C51H30N6O. The summed E-state index contributed by atoms with van der Waals surface area (Å²) in [6, 6.07) is 15.7. The second-order valence-electron chi connectivity index (χ2n) is 13.7. The highest BCUT2D eigenvalue weighted by atomic mass is 16.3. The maximum atomic E-state index is 9.36. The van der Waals surface area contributed by atoms with Crippen LogP contribution in [0, 0.1) is 0 Å². The van der Waals surface area contributed by atoms with Gasteiger partial charge < -0.3 is 8.98 Å². The lowest BCUT2D eigenvalue weighted by Crippen LogP contribution is -2.11. The monoisotopic (exact) mass is 758 g/mol. The normalized spacial score (nSPS) is 16.0. The Labute approximate surface area is 352 Å². The van der Waals surface area contributed by atoms with Crippen molar-refractivity contribution in [2.75, 3.05) is 0 Å². The second kappa shape index (κ2) is 11.7. The van der Waals surface area contributed by atoms with Crippen molar-refractivity contribution in [1.82, 2.24) is 28.7 Å². The third-order valence-corrected chi connectivity index (χ3v) is 10.6. The molecule has 270 valence electrons. The van der Waals surface area contributed by atoms with Crippen LogP contribution < -0.4 is 0 Å². The van der Waals surface area contributed by atoms with Crippen LogP contribution in [0.15, 0.2) is 186 Å². The average Bonchev–Trinajstić information content (AvgIpc) is 4.23. The van der Waals surface area contributed by atoms with E-state index in [1.165, 1.54) is 0 Å². The molecule has 8 aromatic carbocycles. The number of para-hydroxylation sites is 7. The van der Waals surface area contributed by atoms with Crippen LogP contribution in [0.1, 0.15) is 21.9 Å². The van der Waals surface area contributed by atoms with Gasteiger partial charge in [-0.25, -0.2) is 0 Å². The number of nitrogens with zero attached hydrogens (tertiary/aromatic N) is 6. The van der Waals surface area contributed by atoms with E-state index in [1.54, 1.807) is 6.07 Å². The van der Waals surface area contributed by atoms with Crippen molar-refractivity contribution in [3.8, 4) is 29.0 Å². The molecule has 7 heteroatoms. The van der Waals surface area contributed by atoms with Crippen molar-refractivity contribution in [2.24, 2.45) is 0 Å². The van der Waals surface area contributed by atoms with Gasteiger partial charge in [-0.1, -0.05) is 127 Å². The summed E-state index contributed by atoms with van der Waals surface area (Å²) in [6.07, 6.45) is 0. The average molecular weight is 759 g/mol. The Morgan fingerprint density at radius 3 is 1.34 bits per heavy atom. The fraction of sp³-hybridized carbons (Fsp3) is 0. The molecule has 0 aliphatic carbocycles. The van der Waals surface area contributed by atoms with Crippen LogP contribution in [-0.4, -0.2) is 28.7 Å². The lowest BCUT2D eigenvalue weighted by molar-refractivity contribution is 0.668. The molecule has 0 fully saturated rings. The highest BCUT2D eigenvalue weighted by Gasteiger charge is 2.24. The van der Waals surface area contributed by atoms with Crippen LogP contribution in [0.2, 0.25) is 0 Å². The summed E-state index contributed by atoms with van der Waals surface area (Å²) < 4.78 is 155. The summed E-state index contributed by atoms with van der Waals surface area (Å²) in [4.78, 5) is 15.1. The van der Waals surface area contributed by atoms with E-state index in [2.05, 4.69) is 0 Å². The molecule has 0 amide bonds. The highest BCUT2D eigenvalue weighted by molar-refractivity contribution is 6.13. The second-order valence-corrected chi connectivity index (χ2v) is 13.7. The molecular weight excluding hydrogens is 713 g/mol. The van der Waals surface area contributed by atoms with Crippen molar-refractivity contribution in [3.05, 3.63) is 182 Å². The molecule has 0 aliphatic rings. The SMILES string of the molecule is [2H]c1c([2H])c([2H])c2c(c1[2H])c1c([2H])c([2H])c([2H])c([2H])c1n2-c1nc(-c2cc3c(cc2-n2c4ccccc4c4ccccc42)oc2ccccc23)nc(-n2c3c([2H])c([2H])c([2H])c([2H])c3c3c([2H])c([2H])c([2H])c([2H])c32)n1. The molecule has 0 saturated heterocycles. The van der Waals surface area contributed by atoms with Crippen LogP contribution in [-0.2, 0) is 0 Å². The van der Waals surface area contributed by atoms with E-state index < -0.39 is 109 Å². The summed E-state index contributed by atoms with van der Waals surface area (Å²) in [7, 11) is 0. The minimum Gasteiger partial charge on any atom is -0.456 e. The molecule has 13 aromatic rings. The molecule has 0 N–H and O–H groups in total. The largest absolute Gasteiger partial charge is 0.456 e. The number of hydrogen-bond acceptors (Lipinski definition) is 4. The molecule has 13 rings (SSSR count). The van der Waals surface area contributed by atoms with Gasteiger partial charge in [0, 0.05) is 54.7 Å². The molecule has 0 bridgehead atoms. The molecule has 58 heavy (non-hydrogen) atoms. The van der Waals surface area contributed by atoms with Gasteiger partial charge in [0.1, 0.15) is 11.2 Å². The van der Waals surface area contributed by atoms with E-state index in [0.717, 1.165) is 30.9 Å². The molecule has 0 saturated carbocycles. The predicted octanol–water partition coefficient (Wildman–Crippen LogP) is 12.7. The van der Waals surface area contributed by atoms with Crippen LogP contribution in [0.25, 0.3) is 116 Å². The number of hydrogen-bond donors (Lipinski definition) is 0. The quantitative estimate of drug-likeness (QED) is 0.179. The predicted molar refractivity (Wildman–Crippen MR) is 236 cm³/mol. The maximum absolute atomic E-state index is 9.36. The maximum Gasteiger partial charge on any atom is 0.240 e. The van der Waals surface area contributed by atoms with Crippen LogP contribution in [0.5, 0.6) is 0 Å². The fourth-order valence-electron chi connectivity index (χ4n) is 8.22. The van der Waals surface area contributed by atoms with Gasteiger partial charge in [-0.2, -0.15) is 15.0 Å². The topological polar surface area (TPSA) is 66.6 Å². The first-order valence-electron chi connectivity index (χ1n) is 26.1.